The summed E-state index contributed by atoms with van der Waals surface area (Å²) >= 11 is 2.23. The maximum Gasteiger partial charge on any atom is 0.133 e. The highest BCUT2D eigenvalue weighted by Crippen LogP contribution is 2.30. The van der Waals surface area contributed by atoms with Gasteiger partial charge in [-0.1, -0.05) is 40.0 Å². The second-order valence-corrected chi connectivity index (χ2v) is 7.17. The summed E-state index contributed by atoms with van der Waals surface area (Å²) in [7, 11) is 0. The van der Waals surface area contributed by atoms with Gasteiger partial charge in [0.1, 0.15) is 11.5 Å². The maximum atomic E-state index is 9.62. The number of ether oxygens (including phenoxy) is 1. The predicted molar refractivity (Wildman–Crippen MR) is 93.5 cm³/mol. The molecule has 0 saturated carbocycles. The molecule has 0 aromatic heterocycles. The van der Waals surface area contributed by atoms with Gasteiger partial charge in [-0.3, -0.25) is 0 Å². The van der Waals surface area contributed by atoms with Gasteiger partial charge < -0.3 is 9.84 Å². The van der Waals surface area contributed by atoms with E-state index in [4.69, 9.17) is 4.74 Å². The number of hydrogen-bond donors (Lipinski definition) is 1. The maximum absolute atomic E-state index is 9.62. The minimum absolute atomic E-state index is 0.337. The van der Waals surface area contributed by atoms with Gasteiger partial charge >= 0.3 is 0 Å². The first-order valence-corrected chi connectivity index (χ1v) is 8.60. The van der Waals surface area contributed by atoms with Gasteiger partial charge in [0, 0.05) is 5.56 Å². The first-order valence-electron chi connectivity index (χ1n) is 7.52. The van der Waals surface area contributed by atoms with E-state index in [0.717, 1.165) is 33.8 Å². The van der Waals surface area contributed by atoms with Crippen molar-refractivity contribution in [3.05, 3.63) is 21.3 Å². The lowest BCUT2D eigenvalue weighted by Gasteiger charge is -2.14. The fraction of sp³-hybridized carbons (Fsp3) is 0.647. The molecular formula is C17H27IO2. The predicted octanol–water partition coefficient (Wildman–Crippen LogP) is 5.54. The average Bonchev–Trinajstić information content (AvgIpc) is 2.38. The summed E-state index contributed by atoms with van der Waals surface area (Å²) in [6, 6.07) is 3.56. The van der Waals surface area contributed by atoms with Crippen molar-refractivity contribution in [2.24, 2.45) is 11.8 Å². The minimum atomic E-state index is 0.337. The normalized spacial score (nSPS) is 12.7. The highest BCUT2D eigenvalue weighted by Gasteiger charge is 2.09. The molecule has 0 bridgehead atoms. The summed E-state index contributed by atoms with van der Waals surface area (Å²) in [5, 5.41) is 9.62. The van der Waals surface area contributed by atoms with Crippen LogP contribution in [0.15, 0.2) is 12.1 Å². The fourth-order valence-corrected chi connectivity index (χ4v) is 2.76. The monoisotopic (exact) mass is 390 g/mol. The lowest BCUT2D eigenvalue weighted by Crippen LogP contribution is -2.06. The van der Waals surface area contributed by atoms with Crippen molar-refractivity contribution >= 4 is 22.6 Å². The zero-order valence-corrected chi connectivity index (χ0v) is 15.2. The van der Waals surface area contributed by atoms with Gasteiger partial charge in [0.05, 0.1) is 10.2 Å². The molecule has 1 rings (SSSR count). The molecule has 0 radical (unpaired) electrons. The second-order valence-electron chi connectivity index (χ2n) is 6.09. The van der Waals surface area contributed by atoms with E-state index < -0.39 is 0 Å². The van der Waals surface area contributed by atoms with Gasteiger partial charge in [0.15, 0.2) is 0 Å². The number of halogens is 1. The van der Waals surface area contributed by atoms with Crippen molar-refractivity contribution in [3.63, 3.8) is 0 Å². The lowest BCUT2D eigenvalue weighted by atomic mass is 9.98. The molecule has 1 N–H and O–H groups in total. The zero-order chi connectivity index (χ0) is 15.1. The van der Waals surface area contributed by atoms with Gasteiger partial charge in [-0.25, -0.2) is 0 Å². The highest BCUT2D eigenvalue weighted by atomic mass is 127. The molecule has 1 unspecified atom stereocenters. The van der Waals surface area contributed by atoms with E-state index in [0.29, 0.717) is 11.7 Å². The summed E-state index contributed by atoms with van der Waals surface area (Å²) in [4.78, 5) is 0. The molecule has 3 heteroatoms. The van der Waals surface area contributed by atoms with Crippen molar-refractivity contribution in [2.75, 3.05) is 6.61 Å². The molecule has 0 heterocycles. The quantitative estimate of drug-likeness (QED) is 0.591. The molecule has 2 nitrogen and oxygen atoms in total. The van der Waals surface area contributed by atoms with Gasteiger partial charge in [0.2, 0.25) is 0 Å². The smallest absolute Gasteiger partial charge is 0.133 e. The van der Waals surface area contributed by atoms with Crippen molar-refractivity contribution in [1.82, 2.24) is 0 Å². The molecule has 20 heavy (non-hydrogen) atoms. The Morgan fingerprint density at radius 3 is 2.50 bits per heavy atom. The number of phenols is 1. The largest absolute Gasteiger partial charge is 0.508 e. The highest BCUT2D eigenvalue weighted by molar-refractivity contribution is 14.1. The van der Waals surface area contributed by atoms with E-state index >= 15 is 0 Å². The Hall–Kier alpha value is -0.450. The van der Waals surface area contributed by atoms with E-state index in [-0.39, 0.29) is 0 Å². The molecule has 1 atom stereocenters. The number of hydrogen-bond acceptors (Lipinski definition) is 2. The van der Waals surface area contributed by atoms with Crippen molar-refractivity contribution in [2.45, 2.75) is 53.4 Å². The summed E-state index contributed by atoms with van der Waals surface area (Å²) in [5.41, 5.74) is 0.896. The zero-order valence-electron chi connectivity index (χ0n) is 13.1. The van der Waals surface area contributed by atoms with Crippen LogP contribution in [0.3, 0.4) is 0 Å². The first-order chi connectivity index (χ1) is 9.41. The van der Waals surface area contributed by atoms with Crippen molar-refractivity contribution in [3.8, 4) is 11.5 Å². The topological polar surface area (TPSA) is 29.5 Å². The molecule has 0 amide bonds. The third kappa shape index (κ3) is 5.90. The third-order valence-corrected chi connectivity index (χ3v) is 5.01. The molecule has 0 fully saturated rings. The molecule has 0 aliphatic heterocycles. The van der Waals surface area contributed by atoms with E-state index in [1.807, 2.05) is 13.0 Å². The lowest BCUT2D eigenvalue weighted by molar-refractivity contribution is 0.273. The average molecular weight is 390 g/mol. The Kier molecular flexibility index (Phi) is 7.70. The van der Waals surface area contributed by atoms with Crippen LogP contribution < -0.4 is 4.74 Å². The number of phenolic OH excluding ortho intramolecular Hbond substituents is 1. The van der Waals surface area contributed by atoms with E-state index in [9.17, 15) is 5.11 Å². The van der Waals surface area contributed by atoms with Crippen LogP contribution in [0, 0.1) is 22.3 Å². The minimum Gasteiger partial charge on any atom is -0.508 e. The number of rotatable bonds is 8. The van der Waals surface area contributed by atoms with E-state index in [1.54, 1.807) is 6.07 Å². The molecular weight excluding hydrogens is 363 g/mol. The van der Waals surface area contributed by atoms with E-state index in [1.165, 1.54) is 19.3 Å². The Morgan fingerprint density at radius 1 is 1.15 bits per heavy atom. The van der Waals surface area contributed by atoms with Crippen LogP contribution in [-0.2, 0) is 0 Å². The summed E-state index contributed by atoms with van der Waals surface area (Å²) in [5.74, 6) is 2.74. The summed E-state index contributed by atoms with van der Waals surface area (Å²) in [6.45, 7) is 9.53. The molecule has 0 saturated heterocycles. The summed E-state index contributed by atoms with van der Waals surface area (Å²) < 4.78 is 6.86. The first kappa shape index (κ1) is 17.6. The van der Waals surface area contributed by atoms with Crippen LogP contribution in [0.2, 0.25) is 0 Å². The SMILES string of the molecule is Cc1c(O)ccc(OCCC(C)CCCC(C)C)c1I. The Bertz CT molecular complexity index is 416. The molecule has 1 aromatic carbocycles. The van der Waals surface area contributed by atoms with Gasteiger partial charge in [0.25, 0.3) is 0 Å². The summed E-state index contributed by atoms with van der Waals surface area (Å²) in [6.07, 6.45) is 5.01. The standard InChI is InChI=1S/C17H27IO2/c1-12(2)6-5-7-13(3)10-11-20-16-9-8-15(19)14(4)17(16)18/h8-9,12-13,19H,5-7,10-11H2,1-4H3. The second kappa shape index (κ2) is 8.75. The third-order valence-electron chi connectivity index (χ3n) is 3.67. The molecule has 0 aliphatic carbocycles. The van der Waals surface area contributed by atoms with E-state index in [2.05, 4.69) is 43.4 Å². The Balaban J connectivity index is 2.32. The van der Waals surface area contributed by atoms with Crippen LogP contribution in [0.4, 0.5) is 0 Å². The van der Waals surface area contributed by atoms with Crippen LogP contribution in [-0.4, -0.2) is 11.7 Å². The van der Waals surface area contributed by atoms with Gasteiger partial charge in [-0.15, -0.1) is 0 Å². The Labute approximate surface area is 137 Å². The molecule has 1 aromatic rings. The van der Waals surface area contributed by atoms with Gasteiger partial charge in [-0.2, -0.15) is 0 Å². The van der Waals surface area contributed by atoms with Crippen LogP contribution in [0.25, 0.3) is 0 Å². The van der Waals surface area contributed by atoms with Crippen LogP contribution in [0.5, 0.6) is 11.5 Å². The van der Waals surface area contributed by atoms with Gasteiger partial charge in [-0.05, 0) is 59.9 Å². The molecule has 0 aliphatic rings. The van der Waals surface area contributed by atoms with Crippen molar-refractivity contribution in [1.29, 1.82) is 0 Å². The molecule has 114 valence electrons. The number of aromatic hydroxyl groups is 1. The Morgan fingerprint density at radius 2 is 1.85 bits per heavy atom. The molecule has 0 spiro atoms. The van der Waals surface area contributed by atoms with Crippen LogP contribution in [0.1, 0.15) is 52.0 Å². The number of benzene rings is 1. The van der Waals surface area contributed by atoms with Crippen LogP contribution >= 0.6 is 22.6 Å². The van der Waals surface area contributed by atoms with Crippen molar-refractivity contribution < 1.29 is 9.84 Å². The fourth-order valence-electron chi connectivity index (χ4n) is 2.15.